The van der Waals surface area contributed by atoms with E-state index in [1.54, 1.807) is 18.1 Å². The van der Waals surface area contributed by atoms with E-state index in [1.807, 2.05) is 104 Å². The molecular weight excluding hydrogens is 918 g/mol. The highest BCUT2D eigenvalue weighted by molar-refractivity contribution is 7.46. The molecule has 2 saturated heterocycles. The van der Waals surface area contributed by atoms with Crippen molar-refractivity contribution >= 4 is 54.2 Å². The van der Waals surface area contributed by atoms with E-state index in [1.165, 1.54) is 10.6 Å². The molecule has 70 heavy (non-hydrogen) atoms. The molecule has 366 valence electrons. The van der Waals surface area contributed by atoms with E-state index in [-0.39, 0.29) is 46.5 Å². The van der Waals surface area contributed by atoms with Crippen molar-refractivity contribution in [1.29, 1.82) is 0 Å². The topological polar surface area (TPSA) is 235 Å². The van der Waals surface area contributed by atoms with E-state index in [4.69, 9.17) is 14.2 Å². The normalized spacial score (nSPS) is 15.7. The van der Waals surface area contributed by atoms with Crippen molar-refractivity contribution in [2.24, 2.45) is 5.92 Å². The Morgan fingerprint density at radius 3 is 2.26 bits per heavy atom. The molecule has 2 fully saturated rings. The number of rotatable bonds is 13. The molecule has 0 spiro atoms. The van der Waals surface area contributed by atoms with E-state index in [2.05, 4.69) is 30.3 Å². The van der Waals surface area contributed by atoms with E-state index in [0.29, 0.717) is 71.9 Å². The van der Waals surface area contributed by atoms with Gasteiger partial charge in [0, 0.05) is 83.6 Å². The van der Waals surface area contributed by atoms with Crippen LogP contribution in [-0.2, 0) is 15.9 Å². The van der Waals surface area contributed by atoms with Crippen molar-refractivity contribution in [2.75, 3.05) is 80.0 Å². The third kappa shape index (κ3) is 9.80. The van der Waals surface area contributed by atoms with Crippen molar-refractivity contribution in [3.63, 3.8) is 0 Å². The summed E-state index contributed by atoms with van der Waals surface area (Å²) in [5, 5.41) is 33.0. The summed E-state index contributed by atoms with van der Waals surface area (Å²) in [6.45, 7) is 10.8. The highest BCUT2D eigenvalue weighted by Gasteiger charge is 2.32. The Morgan fingerprint density at radius 2 is 1.56 bits per heavy atom. The third-order valence-corrected chi connectivity index (χ3v) is 13.5. The average Bonchev–Trinajstić information content (AvgIpc) is 3.71. The molecule has 0 unspecified atom stereocenters. The highest BCUT2D eigenvalue weighted by atomic mass is 31.2. The predicted octanol–water partition coefficient (Wildman–Crippen LogP) is 6.79. The van der Waals surface area contributed by atoms with Crippen LogP contribution in [0, 0.1) is 5.92 Å². The Kier molecular flexibility index (Phi) is 13.4. The molecule has 0 bridgehead atoms. The van der Waals surface area contributed by atoms with E-state index in [0.717, 1.165) is 62.0 Å². The second kappa shape index (κ2) is 19.6. The number of ether oxygens (including phenoxy) is 1. The van der Waals surface area contributed by atoms with Gasteiger partial charge < -0.3 is 44.4 Å². The van der Waals surface area contributed by atoms with Crippen molar-refractivity contribution in [2.45, 2.75) is 46.1 Å². The summed E-state index contributed by atoms with van der Waals surface area (Å²) < 4.78 is 23.9. The summed E-state index contributed by atoms with van der Waals surface area (Å²) in [6.07, 6.45) is 3.13. The molecule has 5 N–H and O–H groups in total. The van der Waals surface area contributed by atoms with Gasteiger partial charge in [0.2, 0.25) is 11.9 Å². The maximum atomic E-state index is 13.8. The van der Waals surface area contributed by atoms with Crippen molar-refractivity contribution in [3.05, 3.63) is 102 Å². The first-order chi connectivity index (χ1) is 33.6. The van der Waals surface area contributed by atoms with Gasteiger partial charge in [-0.05, 0) is 79.3 Å². The number of aromatic nitrogens is 5. The summed E-state index contributed by atoms with van der Waals surface area (Å²) in [5.41, 5.74) is 5.82. The maximum absolute atomic E-state index is 13.8. The molecule has 2 amide bonds. The van der Waals surface area contributed by atoms with Crippen LogP contribution in [0.1, 0.15) is 61.0 Å². The Morgan fingerprint density at radius 1 is 0.843 bits per heavy atom. The van der Waals surface area contributed by atoms with Gasteiger partial charge in [-0.25, -0.2) is 14.1 Å². The molecule has 21 heteroatoms. The molecule has 3 aliphatic heterocycles. The number of anilines is 6. The number of hydrogen-bond donors (Lipinski definition) is 5. The smallest absolute Gasteiger partial charge is 0.507 e. The number of nitrogens with one attached hydrogen (secondary N) is 1. The van der Waals surface area contributed by atoms with Gasteiger partial charge in [-0.2, -0.15) is 4.98 Å². The number of benzene rings is 4. The van der Waals surface area contributed by atoms with Crippen LogP contribution in [0.2, 0.25) is 0 Å². The number of piperazine rings is 1. The molecule has 5 heterocycles. The molecule has 3 aliphatic rings. The van der Waals surface area contributed by atoms with Gasteiger partial charge in [-0.3, -0.25) is 24.3 Å². The van der Waals surface area contributed by atoms with Crippen molar-refractivity contribution in [3.8, 4) is 40.3 Å². The summed E-state index contributed by atoms with van der Waals surface area (Å²) >= 11 is 0. The lowest BCUT2D eigenvalue weighted by Gasteiger charge is -2.39. The number of phosphoric ester groups is 1. The first-order valence-electron chi connectivity index (χ1n) is 23.2. The number of carbonyl (C=O) groups excluding carboxylic acids is 2. The number of amides is 2. The van der Waals surface area contributed by atoms with Crippen LogP contribution in [0.25, 0.3) is 17.1 Å². The number of carbonyl (C=O) groups is 2. The fourth-order valence-corrected chi connectivity index (χ4v) is 9.77. The van der Waals surface area contributed by atoms with E-state index < -0.39 is 13.8 Å². The number of phenolic OH excluding ortho intramolecular Hbond substituents is 1. The largest absolute Gasteiger partial charge is 0.524 e. The van der Waals surface area contributed by atoms with E-state index >= 15 is 0 Å². The predicted molar refractivity (Wildman–Crippen MR) is 264 cm³/mol. The quantitative estimate of drug-likeness (QED) is 0.0749. The number of piperidine rings is 1. The number of nitrogens with zero attached hydrogens (tertiary/aromatic N) is 10. The van der Waals surface area contributed by atoms with Crippen LogP contribution >= 0.6 is 7.82 Å². The number of phenols is 1. The van der Waals surface area contributed by atoms with Gasteiger partial charge in [0.25, 0.3) is 5.91 Å². The van der Waals surface area contributed by atoms with Gasteiger partial charge in [0.05, 0.1) is 41.0 Å². The molecule has 0 atom stereocenters. The zero-order valence-corrected chi connectivity index (χ0v) is 40.5. The summed E-state index contributed by atoms with van der Waals surface area (Å²) in [4.78, 5) is 65.4. The van der Waals surface area contributed by atoms with Crippen molar-refractivity contribution < 1.29 is 43.4 Å². The number of phosphoric acid groups is 1. The zero-order valence-electron chi connectivity index (χ0n) is 39.6. The van der Waals surface area contributed by atoms with Gasteiger partial charge >= 0.3 is 13.8 Å². The van der Waals surface area contributed by atoms with Gasteiger partial charge in [0.1, 0.15) is 22.9 Å². The average molecular weight is 974 g/mol. The maximum Gasteiger partial charge on any atom is 0.524 e. The molecule has 9 rings (SSSR count). The Hall–Kier alpha value is -7.25. The minimum atomic E-state index is -4.90. The molecule has 2 aromatic heterocycles. The van der Waals surface area contributed by atoms with Gasteiger partial charge in [0.15, 0.2) is 11.6 Å². The Labute approximate surface area is 405 Å². The van der Waals surface area contributed by atoms with Crippen molar-refractivity contribution in [1.82, 2.24) is 34.5 Å². The molecule has 0 saturated carbocycles. The molecule has 0 aliphatic carbocycles. The third-order valence-electron chi connectivity index (χ3n) is 13.1. The number of hydrogen-bond acceptors (Lipinski definition) is 15. The molecule has 6 aromatic rings. The lowest BCUT2D eigenvalue weighted by Crippen LogP contribution is -2.51. The van der Waals surface area contributed by atoms with Crippen LogP contribution in [-0.4, -0.2) is 126 Å². The number of para-hydroxylation sites is 1. The molecule has 0 radical (unpaired) electrons. The number of aromatic hydroxyl groups is 2. The zero-order chi connectivity index (χ0) is 49.4. The van der Waals surface area contributed by atoms with Gasteiger partial charge in [-0.15, -0.1) is 5.10 Å². The van der Waals surface area contributed by atoms with Gasteiger partial charge in [-0.1, -0.05) is 43.2 Å². The van der Waals surface area contributed by atoms with Crippen LogP contribution in [0.5, 0.6) is 23.3 Å². The second-order valence-corrected chi connectivity index (χ2v) is 19.1. The molecule has 20 nitrogen and oxygen atoms in total. The first-order valence-corrected chi connectivity index (χ1v) is 24.7. The van der Waals surface area contributed by atoms with Crippen LogP contribution in [0.4, 0.5) is 34.5 Å². The summed E-state index contributed by atoms with van der Waals surface area (Å²) in [5.74, 6) is 0.976. The lowest BCUT2D eigenvalue weighted by atomic mass is 9.94. The van der Waals surface area contributed by atoms with E-state index in [9.17, 15) is 34.2 Å². The standard InChI is InChI=1S/C49H56N11O9P/c1-6-68-43-25-34(15-16-38(43)51-48-50-28-40-45(52-48)55(4)39-10-8-7-9-35(39)47(63)56(40)5)58-19-17-32(18-20-58)46(62)59-23-21-57(22-24-59)29-31-11-13-33(14-12-31)60-44(53-54-49(60)64)37-26-36(30(2)3)42(27-41(37)61)69-70(65,66)67/h7-16,25-28,30,32,61H,6,17-24,29H2,1-5H3,(H,54,64)(H,50,51,52)(H2,65,66,67). The fourth-order valence-electron chi connectivity index (χ4n) is 9.36. The summed E-state index contributed by atoms with van der Waals surface area (Å²) in [7, 11) is -1.29. The first kappa shape index (κ1) is 47.8. The monoisotopic (exact) mass is 973 g/mol. The fraction of sp³-hybridized carbons (Fsp3) is 0.347. The highest BCUT2D eigenvalue weighted by Crippen LogP contribution is 2.46. The summed E-state index contributed by atoms with van der Waals surface area (Å²) in [6, 6.07) is 23.2. The minimum absolute atomic E-state index is 0.0590. The SMILES string of the molecule is CCOc1cc(N2CCC(C(=O)N3CCN(Cc4ccc(-n5c(O)nnc5-c5cc(C(C)C)c(OP(=O)(O)O)cc5O)cc4)CC3)CC2)ccc1Nc1ncc2c(n1)N(C)c1ccccc1C(=O)N2C. The molecule has 4 aromatic carbocycles. The Balaban J connectivity index is 0.786. The minimum Gasteiger partial charge on any atom is -0.507 e. The van der Waals surface area contributed by atoms with Crippen LogP contribution < -0.4 is 29.3 Å². The lowest BCUT2D eigenvalue weighted by molar-refractivity contribution is -0.138. The van der Waals surface area contributed by atoms with Crippen LogP contribution in [0.3, 0.4) is 0 Å². The Bertz CT molecular complexity index is 2970. The second-order valence-electron chi connectivity index (χ2n) is 17.9. The number of fused-ring (bicyclic) bond motifs is 2. The molecular formula is C49H56N11O9P. The van der Waals surface area contributed by atoms with Crippen LogP contribution in [0.15, 0.2) is 85.1 Å².